The molecule has 1 amide bonds. The summed E-state index contributed by atoms with van der Waals surface area (Å²) in [6, 6.07) is 0. The number of fused-ring (bicyclic) bond motifs is 1. The van der Waals surface area contributed by atoms with E-state index in [1.807, 2.05) is 16.8 Å². The van der Waals surface area contributed by atoms with Gasteiger partial charge in [-0.05, 0) is 6.42 Å². The molecular weight excluding hydrogens is 256 g/mol. The molecule has 0 radical (unpaired) electrons. The Hall–Kier alpha value is -2.31. The molecule has 2 rings (SSSR count). The monoisotopic (exact) mass is 276 g/mol. The van der Waals surface area contributed by atoms with Crippen LogP contribution >= 0.6 is 0 Å². The number of hydrogen-bond donors (Lipinski definition) is 2. The molecule has 0 saturated heterocycles. The summed E-state index contributed by atoms with van der Waals surface area (Å²) >= 11 is 0. The molecular formula is C13H20N6O. The number of hydrogen-bond acceptors (Lipinski definition) is 5. The van der Waals surface area contributed by atoms with Crippen LogP contribution in [0.5, 0.6) is 0 Å². The number of rotatable bonds is 6. The maximum Gasteiger partial charge on any atom is 0.241 e. The molecule has 0 unspecified atom stereocenters. The van der Waals surface area contributed by atoms with Crippen LogP contribution in [0.15, 0.2) is 18.6 Å². The molecule has 0 fully saturated rings. The zero-order chi connectivity index (χ0) is 14.5. The van der Waals surface area contributed by atoms with Crippen molar-refractivity contribution in [3.63, 3.8) is 0 Å². The van der Waals surface area contributed by atoms with Crippen LogP contribution in [0.3, 0.4) is 0 Å². The van der Waals surface area contributed by atoms with Gasteiger partial charge >= 0.3 is 0 Å². The van der Waals surface area contributed by atoms with Crippen LogP contribution in [0.1, 0.15) is 13.3 Å². The Morgan fingerprint density at radius 1 is 1.40 bits per heavy atom. The average molecular weight is 276 g/mol. The van der Waals surface area contributed by atoms with Crippen LogP contribution in [0.2, 0.25) is 0 Å². The molecule has 0 aliphatic heterocycles. The van der Waals surface area contributed by atoms with Crippen molar-refractivity contribution in [1.29, 1.82) is 0 Å². The predicted octanol–water partition coefficient (Wildman–Crippen LogP) is 1.05. The van der Waals surface area contributed by atoms with E-state index in [2.05, 4.69) is 27.5 Å². The molecule has 0 spiro atoms. The van der Waals surface area contributed by atoms with E-state index in [-0.39, 0.29) is 12.5 Å². The van der Waals surface area contributed by atoms with Gasteiger partial charge in [0.05, 0.1) is 12.7 Å². The largest absolute Gasteiger partial charge is 0.369 e. The molecule has 2 aromatic rings. The molecule has 7 nitrogen and oxygen atoms in total. The maximum absolute atomic E-state index is 11.6. The quantitative estimate of drug-likeness (QED) is 0.825. The van der Waals surface area contributed by atoms with E-state index in [4.69, 9.17) is 0 Å². The summed E-state index contributed by atoms with van der Waals surface area (Å²) < 4.78 is 1.88. The van der Waals surface area contributed by atoms with Crippen molar-refractivity contribution in [3.05, 3.63) is 18.6 Å². The van der Waals surface area contributed by atoms with Crippen LogP contribution < -0.4 is 10.6 Å². The minimum atomic E-state index is -0.0107. The van der Waals surface area contributed by atoms with E-state index >= 15 is 0 Å². The molecule has 0 aliphatic rings. The second-order valence-corrected chi connectivity index (χ2v) is 4.70. The molecule has 0 saturated carbocycles. The van der Waals surface area contributed by atoms with Gasteiger partial charge in [0.25, 0.3) is 0 Å². The molecule has 2 aromatic heterocycles. The van der Waals surface area contributed by atoms with Crippen molar-refractivity contribution in [3.8, 4) is 0 Å². The number of nitrogens with zero attached hydrogens (tertiary/aromatic N) is 4. The summed E-state index contributed by atoms with van der Waals surface area (Å²) in [6.07, 6.45) is 6.47. The van der Waals surface area contributed by atoms with Crippen LogP contribution in [-0.2, 0) is 4.79 Å². The van der Waals surface area contributed by atoms with E-state index < -0.39 is 0 Å². The molecule has 108 valence electrons. The predicted molar refractivity (Wildman–Crippen MR) is 79.0 cm³/mol. The van der Waals surface area contributed by atoms with Crippen LogP contribution in [0.4, 0.5) is 11.6 Å². The lowest BCUT2D eigenvalue weighted by molar-refractivity contribution is -0.126. The second-order valence-electron chi connectivity index (χ2n) is 4.70. The van der Waals surface area contributed by atoms with Gasteiger partial charge in [-0.3, -0.25) is 4.79 Å². The number of likely N-dealkylation sites (N-methyl/N-ethyl adjacent to an activating group) is 1. The van der Waals surface area contributed by atoms with Gasteiger partial charge < -0.3 is 19.9 Å². The summed E-state index contributed by atoms with van der Waals surface area (Å²) in [5, 5.41) is 6.28. The minimum absolute atomic E-state index is 0.0107. The Kier molecular flexibility index (Phi) is 4.39. The SMILES string of the molecule is CCCNc1cn2ccnc2c(NCC(=O)N(C)C)n1. The van der Waals surface area contributed by atoms with Crippen molar-refractivity contribution in [2.75, 3.05) is 37.8 Å². The first kappa shape index (κ1) is 14.1. The molecule has 0 aliphatic carbocycles. The molecule has 0 aromatic carbocycles. The van der Waals surface area contributed by atoms with Gasteiger partial charge in [0.1, 0.15) is 5.82 Å². The molecule has 0 bridgehead atoms. The highest BCUT2D eigenvalue weighted by atomic mass is 16.2. The lowest BCUT2D eigenvalue weighted by atomic mass is 10.4. The topological polar surface area (TPSA) is 74.6 Å². The smallest absolute Gasteiger partial charge is 0.241 e. The minimum Gasteiger partial charge on any atom is -0.369 e. The fraction of sp³-hybridized carbons (Fsp3) is 0.462. The van der Waals surface area contributed by atoms with Gasteiger partial charge in [0, 0.05) is 33.0 Å². The normalized spacial score (nSPS) is 10.6. The lowest BCUT2D eigenvalue weighted by Crippen LogP contribution is -2.29. The van der Waals surface area contributed by atoms with Gasteiger partial charge in [0.15, 0.2) is 11.5 Å². The summed E-state index contributed by atoms with van der Waals surface area (Å²) in [5.41, 5.74) is 0.707. The highest BCUT2D eigenvalue weighted by Crippen LogP contribution is 2.16. The lowest BCUT2D eigenvalue weighted by Gasteiger charge is -2.13. The summed E-state index contributed by atoms with van der Waals surface area (Å²) in [7, 11) is 3.45. The molecule has 7 heteroatoms. The third-order valence-electron chi connectivity index (χ3n) is 2.84. The number of amides is 1. The van der Waals surface area contributed by atoms with E-state index in [9.17, 15) is 4.79 Å². The zero-order valence-electron chi connectivity index (χ0n) is 12.1. The van der Waals surface area contributed by atoms with Gasteiger partial charge in [0.2, 0.25) is 5.91 Å². The van der Waals surface area contributed by atoms with E-state index in [0.29, 0.717) is 11.5 Å². The summed E-state index contributed by atoms with van der Waals surface area (Å²) in [6.45, 7) is 3.14. The third-order valence-corrected chi connectivity index (χ3v) is 2.84. The van der Waals surface area contributed by atoms with Crippen LogP contribution in [-0.4, -0.2) is 52.4 Å². The van der Waals surface area contributed by atoms with Gasteiger partial charge in [-0.2, -0.15) is 0 Å². The molecule has 2 heterocycles. The fourth-order valence-corrected chi connectivity index (χ4v) is 1.71. The van der Waals surface area contributed by atoms with Crippen LogP contribution in [0, 0.1) is 0 Å². The first-order chi connectivity index (χ1) is 9.61. The summed E-state index contributed by atoms with van der Waals surface area (Å²) in [5.74, 6) is 1.35. The van der Waals surface area contributed by atoms with Crippen LogP contribution in [0.25, 0.3) is 5.65 Å². The Morgan fingerprint density at radius 3 is 2.90 bits per heavy atom. The Bertz CT molecular complexity index is 592. The first-order valence-corrected chi connectivity index (χ1v) is 6.63. The number of carbonyl (C=O) groups is 1. The summed E-state index contributed by atoms with van der Waals surface area (Å²) in [4.78, 5) is 21.9. The molecule has 20 heavy (non-hydrogen) atoms. The maximum atomic E-state index is 11.6. The Labute approximate surface area is 118 Å². The highest BCUT2D eigenvalue weighted by Gasteiger charge is 2.09. The van der Waals surface area contributed by atoms with Crippen molar-refractivity contribution < 1.29 is 4.79 Å². The first-order valence-electron chi connectivity index (χ1n) is 6.63. The Morgan fingerprint density at radius 2 is 2.20 bits per heavy atom. The third kappa shape index (κ3) is 3.17. The second kappa shape index (κ2) is 6.23. The molecule has 2 N–H and O–H groups in total. The zero-order valence-corrected chi connectivity index (χ0v) is 12.1. The van der Waals surface area contributed by atoms with E-state index in [1.54, 1.807) is 20.3 Å². The van der Waals surface area contributed by atoms with Gasteiger partial charge in [-0.25, -0.2) is 9.97 Å². The van der Waals surface area contributed by atoms with Crippen molar-refractivity contribution in [2.45, 2.75) is 13.3 Å². The number of nitrogens with one attached hydrogen (secondary N) is 2. The van der Waals surface area contributed by atoms with E-state index in [0.717, 1.165) is 18.8 Å². The fourth-order valence-electron chi connectivity index (χ4n) is 1.71. The van der Waals surface area contributed by atoms with Gasteiger partial charge in [-0.15, -0.1) is 0 Å². The Balaban J connectivity index is 2.21. The van der Waals surface area contributed by atoms with Crippen molar-refractivity contribution >= 4 is 23.2 Å². The molecule has 0 atom stereocenters. The number of aromatic nitrogens is 3. The number of imidazole rings is 1. The number of anilines is 2. The van der Waals surface area contributed by atoms with E-state index in [1.165, 1.54) is 4.90 Å². The van der Waals surface area contributed by atoms with Crippen molar-refractivity contribution in [1.82, 2.24) is 19.3 Å². The van der Waals surface area contributed by atoms with Crippen molar-refractivity contribution in [2.24, 2.45) is 0 Å². The average Bonchev–Trinajstić information content (AvgIpc) is 2.90. The van der Waals surface area contributed by atoms with Gasteiger partial charge in [-0.1, -0.05) is 6.92 Å². The highest BCUT2D eigenvalue weighted by molar-refractivity contribution is 5.81. The number of carbonyl (C=O) groups excluding carboxylic acids is 1. The standard InChI is InChI=1S/C13H20N6O/c1-4-5-14-10-9-19-7-6-15-13(19)12(17-10)16-8-11(20)18(2)3/h6-7,9,14H,4-5,8H2,1-3H3,(H,16,17).